The second-order valence-corrected chi connectivity index (χ2v) is 8.99. The minimum Gasteiger partial charge on any atom is -0.497 e. The van der Waals surface area contributed by atoms with E-state index in [2.05, 4.69) is 5.32 Å². The van der Waals surface area contributed by atoms with Gasteiger partial charge in [-0.25, -0.2) is 0 Å². The van der Waals surface area contributed by atoms with E-state index in [1.165, 1.54) is 0 Å². The van der Waals surface area contributed by atoms with Gasteiger partial charge in [-0.1, -0.05) is 90.5 Å². The minimum absolute atomic E-state index is 0.200. The van der Waals surface area contributed by atoms with Gasteiger partial charge in [-0.3, -0.25) is 9.59 Å². The van der Waals surface area contributed by atoms with E-state index < -0.39 is 6.04 Å². The maximum atomic E-state index is 13.7. The highest BCUT2D eigenvalue weighted by Crippen LogP contribution is 2.25. The Bertz CT molecular complexity index is 1310. The Morgan fingerprint density at radius 2 is 1.37 bits per heavy atom. The molecule has 194 valence electrons. The van der Waals surface area contributed by atoms with E-state index in [0.717, 1.165) is 28.0 Å². The number of carbonyl (C=O) groups excluding carboxylic acids is 2. The average molecular weight is 509 g/mol. The fourth-order valence-electron chi connectivity index (χ4n) is 4.10. The normalized spacial score (nSPS) is 11.3. The summed E-state index contributed by atoms with van der Waals surface area (Å²) in [6, 6.07) is 33.1. The Kier molecular flexibility index (Phi) is 9.13. The van der Waals surface area contributed by atoms with Gasteiger partial charge < -0.3 is 19.7 Å². The number of methoxy groups -OCH3 is 1. The molecule has 4 aromatic rings. The first kappa shape index (κ1) is 26.5. The second-order valence-electron chi connectivity index (χ2n) is 8.99. The Balaban J connectivity index is 1.62. The van der Waals surface area contributed by atoms with Crippen molar-refractivity contribution in [3.05, 3.63) is 131 Å². The number of rotatable bonds is 11. The molecule has 0 saturated heterocycles. The number of benzene rings is 4. The van der Waals surface area contributed by atoms with Crippen LogP contribution in [0.3, 0.4) is 0 Å². The molecule has 0 aliphatic heterocycles. The molecule has 0 aliphatic carbocycles. The van der Waals surface area contributed by atoms with Crippen molar-refractivity contribution in [2.45, 2.75) is 26.1 Å². The lowest BCUT2D eigenvalue weighted by Gasteiger charge is -2.31. The quantitative estimate of drug-likeness (QED) is 0.292. The Morgan fingerprint density at radius 3 is 2.00 bits per heavy atom. The topological polar surface area (TPSA) is 67.9 Å². The van der Waals surface area contributed by atoms with Crippen LogP contribution < -0.4 is 14.8 Å². The summed E-state index contributed by atoms with van der Waals surface area (Å²) in [6.07, 6.45) is 0. The zero-order chi connectivity index (χ0) is 26.7. The molecule has 1 N–H and O–H groups in total. The number of hydrogen-bond donors (Lipinski definition) is 1. The molecule has 0 fully saturated rings. The third-order valence-electron chi connectivity index (χ3n) is 6.20. The Morgan fingerprint density at radius 1 is 0.763 bits per heavy atom. The van der Waals surface area contributed by atoms with Crippen molar-refractivity contribution >= 4 is 11.8 Å². The van der Waals surface area contributed by atoms with Crippen LogP contribution >= 0.6 is 0 Å². The summed E-state index contributed by atoms with van der Waals surface area (Å²) in [5.41, 5.74) is 3.72. The molecular weight excluding hydrogens is 476 g/mol. The van der Waals surface area contributed by atoms with E-state index in [0.29, 0.717) is 12.3 Å². The summed E-state index contributed by atoms with van der Waals surface area (Å²) >= 11 is 0. The molecule has 1 unspecified atom stereocenters. The van der Waals surface area contributed by atoms with Crippen molar-refractivity contribution in [2.24, 2.45) is 0 Å². The predicted octanol–water partition coefficient (Wildman–Crippen LogP) is 5.47. The van der Waals surface area contributed by atoms with E-state index in [4.69, 9.17) is 9.47 Å². The van der Waals surface area contributed by atoms with Crippen molar-refractivity contribution in [1.29, 1.82) is 0 Å². The van der Waals surface area contributed by atoms with Gasteiger partial charge >= 0.3 is 0 Å². The molecule has 0 saturated carbocycles. The minimum atomic E-state index is -0.851. The molecule has 4 rings (SSSR count). The number of ether oxygens (including phenoxy) is 2. The van der Waals surface area contributed by atoms with Crippen molar-refractivity contribution in [1.82, 2.24) is 10.2 Å². The number of nitrogens with zero attached hydrogens (tertiary/aromatic N) is 1. The van der Waals surface area contributed by atoms with Crippen LogP contribution in [0.4, 0.5) is 0 Å². The highest BCUT2D eigenvalue weighted by molar-refractivity contribution is 5.89. The van der Waals surface area contributed by atoms with Crippen LogP contribution in [0.15, 0.2) is 109 Å². The number of carbonyl (C=O) groups is 2. The summed E-state index contributed by atoms with van der Waals surface area (Å²) < 4.78 is 11.1. The van der Waals surface area contributed by atoms with Gasteiger partial charge in [0, 0.05) is 13.1 Å². The molecule has 1 atom stereocenters. The SMILES string of the molecule is COc1ccc(CN(C(=O)COc2ccccc2)C(C(=O)NCc2ccc(C)cc2)c2ccccc2)cc1. The highest BCUT2D eigenvalue weighted by Gasteiger charge is 2.31. The standard InChI is InChI=1S/C32H32N2O4/c1-24-13-15-25(16-14-24)21-33-32(36)31(27-9-5-3-6-10-27)34(22-26-17-19-28(37-2)20-18-26)30(35)23-38-29-11-7-4-8-12-29/h3-20,31H,21-23H2,1-2H3,(H,33,36). The van der Waals surface area contributed by atoms with Crippen LogP contribution in [0.1, 0.15) is 28.3 Å². The fraction of sp³-hybridized carbons (Fsp3) is 0.188. The smallest absolute Gasteiger partial charge is 0.261 e. The fourth-order valence-corrected chi connectivity index (χ4v) is 4.10. The lowest BCUT2D eigenvalue weighted by molar-refractivity contribution is -0.143. The molecule has 0 radical (unpaired) electrons. The summed E-state index contributed by atoms with van der Waals surface area (Å²) in [4.78, 5) is 29.0. The van der Waals surface area contributed by atoms with E-state index in [9.17, 15) is 9.59 Å². The van der Waals surface area contributed by atoms with Crippen LogP contribution in [0.2, 0.25) is 0 Å². The first-order chi connectivity index (χ1) is 18.5. The van der Waals surface area contributed by atoms with Gasteiger partial charge in [0.05, 0.1) is 7.11 Å². The monoisotopic (exact) mass is 508 g/mol. The van der Waals surface area contributed by atoms with Crippen LogP contribution in [-0.4, -0.2) is 30.4 Å². The van der Waals surface area contributed by atoms with Crippen molar-refractivity contribution in [2.75, 3.05) is 13.7 Å². The Hall–Kier alpha value is -4.58. The van der Waals surface area contributed by atoms with Gasteiger partial charge in [-0.05, 0) is 47.9 Å². The van der Waals surface area contributed by atoms with Gasteiger partial charge in [0.15, 0.2) is 6.61 Å². The molecule has 0 aliphatic rings. The van der Waals surface area contributed by atoms with Crippen LogP contribution in [0.25, 0.3) is 0 Å². The summed E-state index contributed by atoms with van der Waals surface area (Å²) in [5.74, 6) is 0.738. The third kappa shape index (κ3) is 7.23. The number of aryl methyl sites for hydroxylation is 1. The summed E-state index contributed by atoms with van der Waals surface area (Å²) in [6.45, 7) is 2.40. The van der Waals surface area contributed by atoms with Gasteiger partial charge in [-0.15, -0.1) is 0 Å². The lowest BCUT2D eigenvalue weighted by atomic mass is 10.0. The number of para-hydroxylation sites is 1. The lowest BCUT2D eigenvalue weighted by Crippen LogP contribution is -2.45. The van der Waals surface area contributed by atoms with Crippen molar-refractivity contribution in [3.8, 4) is 11.5 Å². The molecule has 6 heteroatoms. The van der Waals surface area contributed by atoms with Crippen LogP contribution in [0.5, 0.6) is 11.5 Å². The van der Waals surface area contributed by atoms with Gasteiger partial charge in [-0.2, -0.15) is 0 Å². The van der Waals surface area contributed by atoms with Crippen molar-refractivity contribution in [3.63, 3.8) is 0 Å². The molecule has 0 bridgehead atoms. The van der Waals surface area contributed by atoms with Gasteiger partial charge in [0.1, 0.15) is 17.5 Å². The van der Waals surface area contributed by atoms with E-state index in [-0.39, 0.29) is 25.0 Å². The third-order valence-corrected chi connectivity index (χ3v) is 6.20. The molecule has 0 aromatic heterocycles. The maximum absolute atomic E-state index is 13.7. The molecule has 4 aromatic carbocycles. The van der Waals surface area contributed by atoms with Crippen LogP contribution in [0, 0.1) is 6.92 Å². The van der Waals surface area contributed by atoms with Gasteiger partial charge in [0.2, 0.25) is 5.91 Å². The predicted molar refractivity (Wildman–Crippen MR) is 148 cm³/mol. The largest absolute Gasteiger partial charge is 0.497 e. The number of nitrogens with one attached hydrogen (secondary N) is 1. The molecule has 0 spiro atoms. The number of amides is 2. The molecule has 2 amide bonds. The molecule has 0 heterocycles. The van der Waals surface area contributed by atoms with E-state index in [1.54, 1.807) is 24.1 Å². The summed E-state index contributed by atoms with van der Waals surface area (Å²) in [7, 11) is 1.61. The zero-order valence-electron chi connectivity index (χ0n) is 21.7. The molecular formula is C32H32N2O4. The first-order valence-electron chi connectivity index (χ1n) is 12.5. The van der Waals surface area contributed by atoms with Crippen molar-refractivity contribution < 1.29 is 19.1 Å². The molecule has 6 nitrogen and oxygen atoms in total. The second kappa shape index (κ2) is 13.1. The average Bonchev–Trinajstić information content (AvgIpc) is 2.96. The van der Waals surface area contributed by atoms with Crippen LogP contribution in [-0.2, 0) is 22.7 Å². The summed E-state index contributed by atoms with van der Waals surface area (Å²) in [5, 5.41) is 3.04. The number of hydrogen-bond acceptors (Lipinski definition) is 4. The molecule has 38 heavy (non-hydrogen) atoms. The maximum Gasteiger partial charge on any atom is 0.261 e. The van der Waals surface area contributed by atoms with E-state index >= 15 is 0 Å². The Labute approximate surface area is 223 Å². The van der Waals surface area contributed by atoms with E-state index in [1.807, 2.05) is 104 Å². The highest BCUT2D eigenvalue weighted by atomic mass is 16.5. The van der Waals surface area contributed by atoms with Gasteiger partial charge in [0.25, 0.3) is 5.91 Å². The zero-order valence-corrected chi connectivity index (χ0v) is 21.7. The first-order valence-corrected chi connectivity index (χ1v) is 12.5.